The molecule has 1 N–H and O–H groups in total. The van der Waals surface area contributed by atoms with Crippen molar-refractivity contribution in [3.05, 3.63) is 47.5 Å². The largest absolute Gasteiger partial charge is 0.316 e. The molecule has 2 rings (SSSR count). The van der Waals surface area contributed by atoms with Gasteiger partial charge in [0.2, 0.25) is 0 Å². The highest BCUT2D eigenvalue weighted by Gasteiger charge is 2.35. The molecule has 2 nitrogen and oxygen atoms in total. The summed E-state index contributed by atoms with van der Waals surface area (Å²) in [4.78, 5) is 0. The van der Waals surface area contributed by atoms with Crippen molar-refractivity contribution in [2.45, 2.75) is 64.2 Å². The molecule has 0 aromatic heterocycles. The van der Waals surface area contributed by atoms with Gasteiger partial charge in [-0.1, -0.05) is 55.8 Å². The zero-order valence-corrected chi connectivity index (χ0v) is 15.4. The third-order valence-electron chi connectivity index (χ3n) is 5.41. The van der Waals surface area contributed by atoms with E-state index in [0.29, 0.717) is 5.92 Å². The summed E-state index contributed by atoms with van der Waals surface area (Å²) in [5.74, 6) is 0.317. The maximum absolute atomic E-state index is 9.90. The van der Waals surface area contributed by atoms with E-state index < -0.39 is 0 Å². The summed E-state index contributed by atoms with van der Waals surface area (Å²) >= 11 is 0. The molecule has 1 aliphatic rings. The summed E-state index contributed by atoms with van der Waals surface area (Å²) in [6.45, 7) is 6.40. The second-order valence-corrected chi connectivity index (χ2v) is 7.32. The fraction of sp³-hybridized carbons (Fsp3) is 0.591. The summed E-state index contributed by atoms with van der Waals surface area (Å²) in [6, 6.07) is 12.9. The first-order chi connectivity index (χ1) is 11.7. The minimum absolute atomic E-state index is 0.317. The molecule has 130 valence electrons. The van der Waals surface area contributed by atoms with Crippen molar-refractivity contribution in [1.82, 2.24) is 5.32 Å². The van der Waals surface area contributed by atoms with E-state index in [9.17, 15) is 5.26 Å². The standard InChI is InChI=1S/C22H32N2/c1-19(2)22(18-23,21-12-7-4-8-13-21)15-9-16-24-17-14-20-10-5-3-6-11-20/h4,7-8,10,12-13,19,24H,3,5-6,9,11,14-17H2,1-2H3. The Hall–Kier alpha value is -1.59. The SMILES string of the molecule is CC(C)C(C#N)(CCCNCCC1=CCCCC1)c1ccccc1. The smallest absolute Gasteiger partial charge is 0.0845 e. The fourth-order valence-electron chi connectivity index (χ4n) is 3.75. The maximum Gasteiger partial charge on any atom is 0.0845 e. The Labute approximate surface area is 148 Å². The summed E-state index contributed by atoms with van der Waals surface area (Å²) in [5, 5.41) is 13.5. The lowest BCUT2D eigenvalue weighted by Gasteiger charge is -2.31. The van der Waals surface area contributed by atoms with E-state index in [0.717, 1.165) is 31.5 Å². The Bertz CT molecular complexity index is 553. The van der Waals surface area contributed by atoms with Crippen LogP contribution >= 0.6 is 0 Å². The van der Waals surface area contributed by atoms with Crippen LogP contribution in [0.15, 0.2) is 42.0 Å². The van der Waals surface area contributed by atoms with E-state index >= 15 is 0 Å². The maximum atomic E-state index is 9.90. The van der Waals surface area contributed by atoms with E-state index in [1.807, 2.05) is 18.2 Å². The van der Waals surface area contributed by atoms with E-state index in [-0.39, 0.29) is 5.41 Å². The van der Waals surface area contributed by atoms with Crippen molar-refractivity contribution in [3.63, 3.8) is 0 Å². The van der Waals surface area contributed by atoms with Crippen molar-refractivity contribution in [1.29, 1.82) is 5.26 Å². The fourth-order valence-corrected chi connectivity index (χ4v) is 3.75. The van der Waals surface area contributed by atoms with Gasteiger partial charge >= 0.3 is 0 Å². The normalized spacial score (nSPS) is 17.2. The number of hydrogen-bond donors (Lipinski definition) is 1. The Morgan fingerprint density at radius 3 is 2.58 bits per heavy atom. The van der Waals surface area contributed by atoms with Gasteiger partial charge in [-0.25, -0.2) is 0 Å². The van der Waals surface area contributed by atoms with E-state index in [1.165, 1.54) is 32.1 Å². The van der Waals surface area contributed by atoms with Crippen LogP contribution < -0.4 is 5.32 Å². The Morgan fingerprint density at radius 2 is 1.96 bits per heavy atom. The molecular formula is C22H32N2. The Kier molecular flexibility index (Phi) is 7.53. The highest BCUT2D eigenvalue weighted by Crippen LogP contribution is 2.36. The highest BCUT2D eigenvalue weighted by molar-refractivity contribution is 5.33. The number of rotatable bonds is 9. The molecule has 0 bridgehead atoms. The first-order valence-corrected chi connectivity index (χ1v) is 9.54. The van der Waals surface area contributed by atoms with Crippen molar-refractivity contribution >= 4 is 0 Å². The number of hydrogen-bond acceptors (Lipinski definition) is 2. The predicted octanol–water partition coefficient (Wildman–Crippen LogP) is 5.36. The Morgan fingerprint density at radius 1 is 1.17 bits per heavy atom. The molecule has 1 unspecified atom stereocenters. The van der Waals surface area contributed by atoms with Gasteiger partial charge in [0.05, 0.1) is 11.5 Å². The number of benzene rings is 1. The molecule has 0 aliphatic heterocycles. The van der Waals surface area contributed by atoms with Crippen molar-refractivity contribution in [3.8, 4) is 6.07 Å². The van der Waals surface area contributed by atoms with Gasteiger partial charge in [-0.3, -0.25) is 0 Å². The van der Waals surface area contributed by atoms with Gasteiger partial charge in [0.1, 0.15) is 0 Å². The van der Waals surface area contributed by atoms with E-state index in [1.54, 1.807) is 5.57 Å². The molecule has 1 aliphatic carbocycles. The zero-order valence-electron chi connectivity index (χ0n) is 15.4. The average molecular weight is 325 g/mol. The van der Waals surface area contributed by atoms with Gasteiger partial charge in [0, 0.05) is 0 Å². The molecule has 0 spiro atoms. The lowest BCUT2D eigenvalue weighted by atomic mass is 9.70. The summed E-state index contributed by atoms with van der Waals surface area (Å²) in [7, 11) is 0. The van der Waals surface area contributed by atoms with Crippen LogP contribution in [0, 0.1) is 17.2 Å². The highest BCUT2D eigenvalue weighted by atomic mass is 14.8. The quantitative estimate of drug-likeness (QED) is 0.490. The first kappa shape index (κ1) is 18.7. The monoisotopic (exact) mass is 324 g/mol. The van der Waals surface area contributed by atoms with Gasteiger partial charge < -0.3 is 5.32 Å². The van der Waals surface area contributed by atoms with Crippen LogP contribution in [0.25, 0.3) is 0 Å². The number of allylic oxidation sites excluding steroid dienone is 1. The lowest BCUT2D eigenvalue weighted by molar-refractivity contribution is 0.356. The van der Waals surface area contributed by atoms with E-state index in [2.05, 4.69) is 43.4 Å². The van der Waals surface area contributed by atoms with Crippen LogP contribution in [-0.4, -0.2) is 13.1 Å². The molecule has 0 amide bonds. The predicted molar refractivity (Wildman–Crippen MR) is 102 cm³/mol. The molecule has 0 radical (unpaired) electrons. The second kappa shape index (κ2) is 9.64. The molecular weight excluding hydrogens is 292 g/mol. The molecule has 0 saturated carbocycles. The summed E-state index contributed by atoms with van der Waals surface area (Å²) < 4.78 is 0. The molecule has 1 atom stereocenters. The number of nitrogens with zero attached hydrogens (tertiary/aromatic N) is 1. The second-order valence-electron chi connectivity index (χ2n) is 7.32. The Balaban J connectivity index is 1.79. The van der Waals surface area contributed by atoms with Gasteiger partial charge in [0.15, 0.2) is 0 Å². The van der Waals surface area contributed by atoms with Crippen molar-refractivity contribution < 1.29 is 0 Å². The topological polar surface area (TPSA) is 35.8 Å². The molecule has 0 heterocycles. The molecule has 0 saturated heterocycles. The molecule has 1 aromatic rings. The van der Waals surface area contributed by atoms with Crippen LogP contribution in [0.1, 0.15) is 64.4 Å². The molecule has 2 heteroatoms. The van der Waals surface area contributed by atoms with Crippen molar-refractivity contribution in [2.75, 3.05) is 13.1 Å². The summed E-state index contributed by atoms with van der Waals surface area (Å²) in [5.41, 5.74) is 2.43. The van der Waals surface area contributed by atoms with Crippen LogP contribution in [0.3, 0.4) is 0 Å². The van der Waals surface area contributed by atoms with Crippen LogP contribution in [0.4, 0.5) is 0 Å². The van der Waals surface area contributed by atoms with Crippen molar-refractivity contribution in [2.24, 2.45) is 5.92 Å². The number of nitrogens with one attached hydrogen (secondary N) is 1. The number of nitriles is 1. The third kappa shape index (κ3) is 4.95. The minimum atomic E-state index is -0.366. The van der Waals surface area contributed by atoms with Gasteiger partial charge in [-0.15, -0.1) is 0 Å². The molecule has 1 aromatic carbocycles. The van der Waals surface area contributed by atoms with Gasteiger partial charge in [-0.05, 0) is 69.5 Å². The van der Waals surface area contributed by atoms with Crippen LogP contribution in [-0.2, 0) is 5.41 Å². The average Bonchev–Trinajstić information content (AvgIpc) is 2.63. The van der Waals surface area contributed by atoms with Gasteiger partial charge in [-0.2, -0.15) is 5.26 Å². The first-order valence-electron chi connectivity index (χ1n) is 9.54. The minimum Gasteiger partial charge on any atom is -0.316 e. The van der Waals surface area contributed by atoms with Crippen LogP contribution in [0.2, 0.25) is 0 Å². The molecule has 24 heavy (non-hydrogen) atoms. The molecule has 0 fully saturated rings. The lowest BCUT2D eigenvalue weighted by Crippen LogP contribution is -2.32. The zero-order chi connectivity index (χ0) is 17.3. The van der Waals surface area contributed by atoms with Crippen LogP contribution in [0.5, 0.6) is 0 Å². The third-order valence-corrected chi connectivity index (χ3v) is 5.41. The van der Waals surface area contributed by atoms with E-state index in [4.69, 9.17) is 0 Å². The van der Waals surface area contributed by atoms with Gasteiger partial charge in [0.25, 0.3) is 0 Å². The summed E-state index contributed by atoms with van der Waals surface area (Å²) in [6.07, 6.45) is 10.9.